The molecule has 1 rings (SSSR count). The molecule has 0 radical (unpaired) electrons. The monoisotopic (exact) mass is 660 g/mol. The summed E-state index contributed by atoms with van der Waals surface area (Å²) in [6, 6.07) is 0. The largest absolute Gasteiger partial charge is 0.379 e. The van der Waals surface area contributed by atoms with Gasteiger partial charge < -0.3 is 14.4 Å². The van der Waals surface area contributed by atoms with Crippen LogP contribution in [0.2, 0.25) is 0 Å². The molecule has 1 fully saturated rings. The number of hydrogen-bond acceptors (Lipinski definition) is 3. The molecule has 4 nitrogen and oxygen atoms in total. The lowest BCUT2D eigenvalue weighted by molar-refractivity contribution is -0.130. The fourth-order valence-corrected chi connectivity index (χ4v) is 6.56. The van der Waals surface area contributed by atoms with Crippen molar-refractivity contribution in [2.75, 3.05) is 32.9 Å². The van der Waals surface area contributed by atoms with E-state index >= 15 is 0 Å². The third-order valence-electron chi connectivity index (χ3n) is 9.71. The average molecular weight is 660 g/mol. The molecular weight excluding hydrogens is 578 g/mol. The fourth-order valence-electron chi connectivity index (χ4n) is 6.56. The Balaban J connectivity index is 1.99. The molecule has 0 bridgehead atoms. The lowest BCUT2D eigenvalue weighted by atomic mass is 10.1. The predicted octanol–water partition coefficient (Wildman–Crippen LogP) is 13.1. The number of nitrogens with zero attached hydrogens (tertiary/aromatic N) is 1. The van der Waals surface area contributed by atoms with Gasteiger partial charge in [-0.1, -0.05) is 154 Å². The van der Waals surface area contributed by atoms with E-state index in [1.807, 2.05) is 4.90 Å². The van der Waals surface area contributed by atoms with Crippen LogP contribution in [0, 0.1) is 0 Å². The molecule has 47 heavy (non-hydrogen) atoms. The molecule has 0 N–H and O–H groups in total. The van der Waals surface area contributed by atoms with Gasteiger partial charge in [-0.05, 0) is 70.6 Å². The molecule has 4 heteroatoms. The zero-order chi connectivity index (χ0) is 33.7. The number of rotatable bonds is 37. The Bertz CT molecular complexity index is 705. The van der Waals surface area contributed by atoms with Crippen molar-refractivity contribution in [3.8, 4) is 0 Å². The summed E-state index contributed by atoms with van der Waals surface area (Å²) in [5, 5.41) is 0. The number of likely N-dealkylation sites (tertiary alicyclic amines) is 1. The van der Waals surface area contributed by atoms with Crippen molar-refractivity contribution in [1.29, 1.82) is 0 Å². The number of carbonyl (C=O) groups is 1. The second-order valence-corrected chi connectivity index (χ2v) is 14.4. The van der Waals surface area contributed by atoms with E-state index in [1.165, 1.54) is 167 Å². The first-order valence-corrected chi connectivity index (χ1v) is 21.0. The zero-order valence-electron chi connectivity index (χ0n) is 31.8. The Kier molecular flexibility index (Phi) is 33.8. The Morgan fingerprint density at radius 1 is 0.553 bits per heavy atom. The second-order valence-electron chi connectivity index (χ2n) is 14.4. The molecule has 1 amide bonds. The van der Waals surface area contributed by atoms with Crippen LogP contribution >= 0.6 is 0 Å². The van der Waals surface area contributed by atoms with Crippen molar-refractivity contribution >= 4 is 5.91 Å². The summed E-state index contributed by atoms with van der Waals surface area (Å²) in [5.74, 6) is 0.282. The lowest BCUT2D eigenvalue weighted by Gasteiger charge is -2.24. The summed E-state index contributed by atoms with van der Waals surface area (Å²) in [6.07, 6.45) is 48.3. The number of allylic oxidation sites excluding steroid dienone is 4. The van der Waals surface area contributed by atoms with E-state index in [9.17, 15) is 4.79 Å². The molecule has 276 valence electrons. The summed E-state index contributed by atoms with van der Waals surface area (Å²) in [7, 11) is 0. The van der Waals surface area contributed by atoms with E-state index in [1.54, 1.807) is 0 Å². The Morgan fingerprint density at radius 2 is 0.957 bits per heavy atom. The van der Waals surface area contributed by atoms with Gasteiger partial charge in [0, 0.05) is 32.7 Å². The van der Waals surface area contributed by atoms with Crippen LogP contribution in [-0.4, -0.2) is 49.8 Å². The summed E-state index contributed by atoms with van der Waals surface area (Å²) in [5.41, 5.74) is 0. The first kappa shape index (κ1) is 43.9. The maximum absolute atomic E-state index is 12.2. The highest BCUT2D eigenvalue weighted by Crippen LogP contribution is 2.14. The van der Waals surface area contributed by atoms with E-state index < -0.39 is 0 Å². The van der Waals surface area contributed by atoms with Crippen molar-refractivity contribution in [2.24, 2.45) is 0 Å². The Labute approximate surface area is 294 Å². The van der Waals surface area contributed by atoms with Crippen LogP contribution < -0.4 is 0 Å². The molecule has 0 aromatic carbocycles. The van der Waals surface area contributed by atoms with Gasteiger partial charge in [-0.15, -0.1) is 0 Å². The summed E-state index contributed by atoms with van der Waals surface area (Å²) in [4.78, 5) is 14.2. The molecule has 1 aliphatic heterocycles. The van der Waals surface area contributed by atoms with Gasteiger partial charge in [0.1, 0.15) is 0 Å². The first-order chi connectivity index (χ1) is 23.3. The van der Waals surface area contributed by atoms with E-state index in [4.69, 9.17) is 9.47 Å². The van der Waals surface area contributed by atoms with Gasteiger partial charge in [0.15, 0.2) is 0 Å². The normalized spacial score (nSPS) is 14.4. The maximum atomic E-state index is 12.2. The average Bonchev–Trinajstić information content (AvgIpc) is 3.48. The molecular formula is C43H81NO3. The van der Waals surface area contributed by atoms with Crippen LogP contribution in [-0.2, 0) is 14.3 Å². The van der Waals surface area contributed by atoms with Crippen molar-refractivity contribution < 1.29 is 14.3 Å². The number of unbranched alkanes of at least 4 members (excludes halogenated alkanes) is 24. The molecule has 1 heterocycles. The SMILES string of the molecule is CCCCCCCCC=CCCCCCCCCOCC(CN1CCCC1=O)OCCCCCCCCC=CCCCCCCCC. The minimum atomic E-state index is 0.00860. The lowest BCUT2D eigenvalue weighted by Crippen LogP contribution is -2.37. The minimum Gasteiger partial charge on any atom is -0.379 e. The first-order valence-electron chi connectivity index (χ1n) is 21.0. The predicted molar refractivity (Wildman–Crippen MR) is 205 cm³/mol. The third-order valence-corrected chi connectivity index (χ3v) is 9.71. The van der Waals surface area contributed by atoms with Crippen LogP contribution in [0.5, 0.6) is 0 Å². The van der Waals surface area contributed by atoms with Crippen molar-refractivity contribution in [3.05, 3.63) is 24.3 Å². The van der Waals surface area contributed by atoms with Crippen LogP contribution in [0.15, 0.2) is 24.3 Å². The summed E-state index contributed by atoms with van der Waals surface area (Å²) < 4.78 is 12.3. The molecule has 1 saturated heterocycles. The smallest absolute Gasteiger partial charge is 0.222 e. The highest BCUT2D eigenvalue weighted by molar-refractivity contribution is 5.78. The molecule has 0 aromatic heterocycles. The summed E-state index contributed by atoms with van der Waals surface area (Å²) >= 11 is 0. The van der Waals surface area contributed by atoms with Crippen molar-refractivity contribution in [1.82, 2.24) is 4.90 Å². The highest BCUT2D eigenvalue weighted by Gasteiger charge is 2.24. The fraction of sp³-hybridized carbons (Fsp3) is 0.884. The number of amides is 1. The number of carbonyl (C=O) groups excluding carboxylic acids is 1. The molecule has 0 saturated carbocycles. The van der Waals surface area contributed by atoms with Gasteiger partial charge in [-0.25, -0.2) is 0 Å². The number of hydrogen-bond donors (Lipinski definition) is 0. The van der Waals surface area contributed by atoms with Gasteiger partial charge in [-0.2, -0.15) is 0 Å². The number of ether oxygens (including phenoxy) is 2. The minimum absolute atomic E-state index is 0.00860. The zero-order valence-corrected chi connectivity index (χ0v) is 31.8. The van der Waals surface area contributed by atoms with Crippen LogP contribution in [0.25, 0.3) is 0 Å². The van der Waals surface area contributed by atoms with Crippen LogP contribution in [0.4, 0.5) is 0 Å². The summed E-state index contributed by atoms with van der Waals surface area (Å²) in [6.45, 7) is 8.34. The van der Waals surface area contributed by atoms with E-state index in [0.29, 0.717) is 19.6 Å². The molecule has 1 aliphatic rings. The molecule has 1 unspecified atom stereocenters. The topological polar surface area (TPSA) is 38.8 Å². The van der Waals surface area contributed by atoms with Gasteiger partial charge in [0.2, 0.25) is 5.91 Å². The molecule has 1 atom stereocenters. The Morgan fingerprint density at radius 3 is 1.38 bits per heavy atom. The standard InChI is InChI=1S/C43H81NO3/c1-3-5-7-9-11-13-15-17-19-21-23-25-27-29-31-33-38-46-41-42(40-44-37-35-36-43(44)45)47-39-34-32-30-28-26-24-22-20-18-16-14-12-10-8-6-4-2/h17-20,42H,3-16,21-41H2,1-2H3. The van der Waals surface area contributed by atoms with Crippen LogP contribution in [0.3, 0.4) is 0 Å². The molecule has 0 aromatic rings. The maximum Gasteiger partial charge on any atom is 0.222 e. The van der Waals surface area contributed by atoms with E-state index in [-0.39, 0.29) is 12.0 Å². The highest BCUT2D eigenvalue weighted by atomic mass is 16.5. The molecule has 0 aliphatic carbocycles. The van der Waals surface area contributed by atoms with Crippen LogP contribution in [0.1, 0.15) is 206 Å². The van der Waals surface area contributed by atoms with Crippen molar-refractivity contribution in [2.45, 2.75) is 213 Å². The second kappa shape index (κ2) is 36.2. The Hall–Kier alpha value is -1.13. The van der Waals surface area contributed by atoms with Crippen molar-refractivity contribution in [3.63, 3.8) is 0 Å². The molecule has 0 spiro atoms. The van der Waals surface area contributed by atoms with E-state index in [2.05, 4.69) is 38.2 Å². The van der Waals surface area contributed by atoms with Gasteiger partial charge >= 0.3 is 0 Å². The van der Waals surface area contributed by atoms with E-state index in [0.717, 1.165) is 39.0 Å². The quantitative estimate of drug-likeness (QED) is 0.0492. The van der Waals surface area contributed by atoms with Gasteiger partial charge in [-0.3, -0.25) is 4.79 Å². The van der Waals surface area contributed by atoms with Gasteiger partial charge in [0.05, 0.1) is 12.7 Å². The third kappa shape index (κ3) is 30.7. The van der Waals surface area contributed by atoms with Gasteiger partial charge in [0.25, 0.3) is 0 Å².